The fourth-order valence-corrected chi connectivity index (χ4v) is 0.825. The third-order valence-corrected chi connectivity index (χ3v) is 2.20. The standard InChI is InChI=1S/C8F14O3.FH/c9-3(10,5(13,14)7(17,18)19)1(23)25-2(24)4(11,12)6(15,16)8(20,21)22;/h;1H. The Morgan fingerprint density at radius 2 is 0.692 bits per heavy atom. The number of hydrogen-bond donors (Lipinski definition) is 0. The zero-order valence-electron chi connectivity index (χ0n) is 10.9. The summed E-state index contributed by atoms with van der Waals surface area (Å²) in [6.45, 7) is 0. The molecule has 0 aliphatic carbocycles. The predicted molar refractivity (Wildman–Crippen MR) is 45.5 cm³/mol. The van der Waals surface area contributed by atoms with Crippen LogP contribution in [0.2, 0.25) is 0 Å². The Bertz CT molecular complexity index is 494. The van der Waals surface area contributed by atoms with Gasteiger partial charge in [-0.3, -0.25) is 4.70 Å². The van der Waals surface area contributed by atoms with E-state index in [1.54, 1.807) is 0 Å². The van der Waals surface area contributed by atoms with Crippen LogP contribution in [0.15, 0.2) is 0 Å². The molecular weight excluding hydrogens is 429 g/mol. The lowest BCUT2D eigenvalue weighted by Gasteiger charge is -2.28. The summed E-state index contributed by atoms with van der Waals surface area (Å²) < 4.78 is 172. The van der Waals surface area contributed by atoms with Crippen molar-refractivity contribution in [1.29, 1.82) is 0 Å². The third-order valence-electron chi connectivity index (χ3n) is 2.20. The molecule has 0 amide bonds. The maximum atomic E-state index is 12.6. The van der Waals surface area contributed by atoms with Gasteiger partial charge in [0, 0.05) is 0 Å². The molecule has 156 valence electrons. The maximum Gasteiger partial charge on any atom is 0.460 e. The Balaban J connectivity index is 0. The Labute approximate surface area is 130 Å². The summed E-state index contributed by atoms with van der Waals surface area (Å²) >= 11 is 0. The van der Waals surface area contributed by atoms with Gasteiger partial charge >= 0.3 is 48.0 Å². The zero-order valence-corrected chi connectivity index (χ0v) is 10.9. The topological polar surface area (TPSA) is 43.4 Å². The Morgan fingerprint density at radius 1 is 0.500 bits per heavy atom. The van der Waals surface area contributed by atoms with E-state index in [4.69, 9.17) is 0 Å². The molecule has 0 aromatic heterocycles. The molecule has 0 aliphatic rings. The van der Waals surface area contributed by atoms with Gasteiger partial charge in [-0.15, -0.1) is 0 Å². The van der Waals surface area contributed by atoms with E-state index in [1.165, 1.54) is 0 Å². The molecule has 0 atom stereocenters. The molecule has 0 aliphatic heterocycles. The van der Waals surface area contributed by atoms with Crippen molar-refractivity contribution in [3.63, 3.8) is 0 Å². The Kier molecular flexibility index (Phi) is 6.76. The summed E-state index contributed by atoms with van der Waals surface area (Å²) in [4.78, 5) is 20.7. The van der Waals surface area contributed by atoms with Crippen molar-refractivity contribution in [3.05, 3.63) is 0 Å². The monoisotopic (exact) mass is 430 g/mol. The van der Waals surface area contributed by atoms with Crippen LogP contribution >= 0.6 is 0 Å². The second-order valence-corrected chi connectivity index (χ2v) is 3.97. The number of carbonyl (C=O) groups excluding carboxylic acids is 2. The summed E-state index contributed by atoms with van der Waals surface area (Å²) in [6, 6.07) is 0. The molecule has 0 saturated heterocycles. The third kappa shape index (κ3) is 3.92. The van der Waals surface area contributed by atoms with Crippen LogP contribution in [0.4, 0.5) is 66.2 Å². The molecule has 0 saturated carbocycles. The van der Waals surface area contributed by atoms with Gasteiger partial charge in [0.25, 0.3) is 0 Å². The quantitative estimate of drug-likeness (QED) is 0.387. The predicted octanol–water partition coefficient (Wildman–Crippen LogP) is 3.87. The smallest absolute Gasteiger partial charge is 0.384 e. The average Bonchev–Trinajstić information content (AvgIpc) is 2.34. The minimum Gasteiger partial charge on any atom is -0.384 e. The summed E-state index contributed by atoms with van der Waals surface area (Å²) in [5, 5.41) is 0. The first-order valence-corrected chi connectivity index (χ1v) is 4.96. The molecule has 0 radical (unpaired) electrons. The van der Waals surface area contributed by atoms with Gasteiger partial charge in [0.05, 0.1) is 0 Å². The van der Waals surface area contributed by atoms with Crippen molar-refractivity contribution in [1.82, 2.24) is 0 Å². The number of ether oxygens (including phenoxy) is 1. The number of esters is 2. The number of halogens is 15. The average molecular weight is 430 g/mol. The van der Waals surface area contributed by atoms with Gasteiger partial charge in [0.2, 0.25) is 0 Å². The van der Waals surface area contributed by atoms with Crippen LogP contribution in [0, 0.1) is 0 Å². The fraction of sp³-hybridized carbons (Fsp3) is 0.750. The van der Waals surface area contributed by atoms with E-state index in [0.29, 0.717) is 0 Å². The SMILES string of the molecule is F.O=C(OC(=O)C(F)(F)C(F)(F)C(F)(F)F)C(F)(F)C(F)(F)C(F)(F)F. The minimum absolute atomic E-state index is 0. The highest BCUT2D eigenvalue weighted by molar-refractivity contribution is 5.93. The van der Waals surface area contributed by atoms with E-state index in [0.717, 1.165) is 0 Å². The molecule has 0 unspecified atom stereocenters. The van der Waals surface area contributed by atoms with Crippen LogP contribution in [0.1, 0.15) is 0 Å². The Morgan fingerprint density at radius 3 is 0.846 bits per heavy atom. The first-order chi connectivity index (χ1) is 10.5. The summed E-state index contributed by atoms with van der Waals surface area (Å²) in [5.74, 6) is -37.7. The molecule has 0 aromatic carbocycles. The molecule has 0 fully saturated rings. The van der Waals surface area contributed by atoms with Crippen molar-refractivity contribution in [3.8, 4) is 0 Å². The van der Waals surface area contributed by atoms with E-state index in [2.05, 4.69) is 0 Å². The molecular formula is C8HF15O3. The van der Waals surface area contributed by atoms with Gasteiger partial charge in [-0.2, -0.15) is 61.5 Å². The molecule has 0 heterocycles. The van der Waals surface area contributed by atoms with E-state index in [1.807, 2.05) is 4.74 Å². The van der Waals surface area contributed by atoms with Crippen LogP contribution < -0.4 is 0 Å². The molecule has 0 rings (SSSR count). The molecule has 3 nitrogen and oxygen atoms in total. The van der Waals surface area contributed by atoms with Crippen LogP contribution in [-0.4, -0.2) is 48.0 Å². The van der Waals surface area contributed by atoms with Gasteiger partial charge in [0.15, 0.2) is 0 Å². The van der Waals surface area contributed by atoms with Gasteiger partial charge < -0.3 is 4.74 Å². The minimum atomic E-state index is -7.33. The van der Waals surface area contributed by atoms with E-state index in [9.17, 15) is 71.1 Å². The highest BCUT2D eigenvalue weighted by atomic mass is 19.4. The van der Waals surface area contributed by atoms with Crippen molar-refractivity contribution < 1.29 is 80.5 Å². The summed E-state index contributed by atoms with van der Waals surface area (Å²) in [7, 11) is 0. The fourth-order valence-electron chi connectivity index (χ4n) is 0.825. The van der Waals surface area contributed by atoms with Crippen LogP contribution in [-0.2, 0) is 14.3 Å². The van der Waals surface area contributed by atoms with Crippen molar-refractivity contribution in [2.45, 2.75) is 36.0 Å². The van der Waals surface area contributed by atoms with Gasteiger partial charge in [-0.1, -0.05) is 0 Å². The van der Waals surface area contributed by atoms with Gasteiger partial charge in [-0.05, 0) is 0 Å². The lowest BCUT2D eigenvalue weighted by atomic mass is 10.1. The van der Waals surface area contributed by atoms with Crippen LogP contribution in [0.25, 0.3) is 0 Å². The highest BCUT2D eigenvalue weighted by Gasteiger charge is 2.80. The Hall–Kier alpha value is -1.91. The zero-order chi connectivity index (χ0) is 20.9. The van der Waals surface area contributed by atoms with Crippen molar-refractivity contribution in [2.75, 3.05) is 0 Å². The van der Waals surface area contributed by atoms with Crippen molar-refractivity contribution >= 4 is 11.9 Å². The van der Waals surface area contributed by atoms with E-state index in [-0.39, 0.29) is 4.70 Å². The number of hydrogen-bond acceptors (Lipinski definition) is 3. The van der Waals surface area contributed by atoms with Gasteiger partial charge in [-0.25, -0.2) is 9.59 Å². The molecule has 0 spiro atoms. The summed E-state index contributed by atoms with van der Waals surface area (Å²) in [6.07, 6.45) is -14.4. The lowest BCUT2D eigenvalue weighted by molar-refractivity contribution is -0.354. The molecule has 26 heavy (non-hydrogen) atoms. The largest absolute Gasteiger partial charge is 0.460 e. The highest BCUT2D eigenvalue weighted by Crippen LogP contribution is 2.49. The van der Waals surface area contributed by atoms with E-state index >= 15 is 0 Å². The van der Waals surface area contributed by atoms with Crippen LogP contribution in [0.3, 0.4) is 0 Å². The second-order valence-electron chi connectivity index (χ2n) is 3.97. The van der Waals surface area contributed by atoms with E-state index < -0.39 is 48.0 Å². The summed E-state index contributed by atoms with van der Waals surface area (Å²) in [5.41, 5.74) is 0. The first-order valence-electron chi connectivity index (χ1n) is 4.96. The second kappa shape index (κ2) is 6.67. The number of carbonyl (C=O) groups is 2. The van der Waals surface area contributed by atoms with Crippen LogP contribution in [0.5, 0.6) is 0 Å². The normalized spacial score (nSPS) is 14.5. The number of rotatable bonds is 4. The lowest BCUT2D eigenvalue weighted by Crippen LogP contribution is -2.60. The van der Waals surface area contributed by atoms with Gasteiger partial charge in [0.1, 0.15) is 0 Å². The molecule has 0 bridgehead atoms. The first kappa shape index (κ1) is 26.3. The number of alkyl halides is 14. The molecule has 0 N–H and O–H groups in total. The molecule has 0 aromatic rings. The molecule has 18 heteroatoms. The maximum absolute atomic E-state index is 12.6. The van der Waals surface area contributed by atoms with Crippen molar-refractivity contribution in [2.24, 2.45) is 0 Å².